The Morgan fingerprint density at radius 3 is 2.38 bits per heavy atom. The van der Waals surface area contributed by atoms with Crippen molar-refractivity contribution in [3.05, 3.63) is 35.2 Å². The van der Waals surface area contributed by atoms with Crippen LogP contribution in [0.1, 0.15) is 81.1 Å². The molecule has 1 aliphatic carbocycles. The summed E-state index contributed by atoms with van der Waals surface area (Å²) in [5.41, 5.74) is 4.23. The molecule has 0 unspecified atom stereocenters. The lowest BCUT2D eigenvalue weighted by Gasteiger charge is -2.39. The van der Waals surface area contributed by atoms with Crippen molar-refractivity contribution in [3.8, 4) is 17.6 Å². The molecular weight excluding hydrogens is 550 g/mol. The number of anilines is 3. The van der Waals surface area contributed by atoms with Crippen LogP contribution in [-0.2, 0) is 14.6 Å². The zero-order valence-corrected chi connectivity index (χ0v) is 25.7. The number of aryl methyl sites for hydroxylation is 1. The molecule has 3 aliphatic heterocycles. The number of hydrogen-bond donors (Lipinski definition) is 1. The third-order valence-electron chi connectivity index (χ3n) is 9.73. The van der Waals surface area contributed by atoms with Gasteiger partial charge in [0.1, 0.15) is 29.8 Å². The van der Waals surface area contributed by atoms with E-state index in [4.69, 9.17) is 4.74 Å². The first-order valence-electron chi connectivity index (χ1n) is 15.3. The van der Waals surface area contributed by atoms with Crippen LogP contribution < -0.4 is 15.0 Å². The van der Waals surface area contributed by atoms with E-state index in [0.717, 1.165) is 66.0 Å². The van der Waals surface area contributed by atoms with Crippen LogP contribution in [0.25, 0.3) is 0 Å². The number of carbonyl (C=O) groups is 1. The molecule has 2 aromatic rings. The van der Waals surface area contributed by atoms with Crippen molar-refractivity contribution in [2.24, 2.45) is 11.8 Å². The maximum Gasteiger partial charge on any atom is 0.298 e. The van der Waals surface area contributed by atoms with E-state index in [1.54, 1.807) is 13.3 Å². The Morgan fingerprint density at radius 1 is 1.00 bits per heavy atom. The molecule has 0 spiro atoms. The molecule has 9 nitrogen and oxygen atoms in total. The molecule has 4 aliphatic rings. The van der Waals surface area contributed by atoms with Gasteiger partial charge in [-0.3, -0.25) is 4.79 Å². The molecule has 0 radical (unpaired) electrons. The summed E-state index contributed by atoms with van der Waals surface area (Å²) in [6, 6.07) is 4.53. The molecular formula is C32H41N5O4S. The Hall–Kier alpha value is -3.32. The fraction of sp³-hybridized carbons (Fsp3) is 0.594. The van der Waals surface area contributed by atoms with Crippen molar-refractivity contribution in [2.45, 2.75) is 71.3 Å². The molecule has 224 valence electrons. The van der Waals surface area contributed by atoms with Gasteiger partial charge in [-0.2, -0.15) is 0 Å². The summed E-state index contributed by atoms with van der Waals surface area (Å²) in [6.07, 6.45) is 8.21. The first-order chi connectivity index (χ1) is 20.2. The number of fused-ring (bicyclic) bond motifs is 2. The van der Waals surface area contributed by atoms with Gasteiger partial charge in [0.25, 0.3) is 5.91 Å². The van der Waals surface area contributed by atoms with Gasteiger partial charge in [0.15, 0.2) is 9.84 Å². The van der Waals surface area contributed by atoms with E-state index in [1.165, 1.54) is 31.2 Å². The normalized spacial score (nSPS) is 25.5. The molecule has 1 atom stereocenters. The molecule has 42 heavy (non-hydrogen) atoms. The molecule has 1 saturated carbocycles. The summed E-state index contributed by atoms with van der Waals surface area (Å²) in [5.74, 6) is 9.87. The summed E-state index contributed by atoms with van der Waals surface area (Å²) >= 11 is 0. The minimum Gasteiger partial charge on any atom is -0.483 e. The molecule has 1 N–H and O–H groups in total. The Kier molecular flexibility index (Phi) is 8.05. The average Bonchev–Trinajstić information content (AvgIpc) is 3.13. The minimum atomic E-state index is -3.00. The molecule has 1 amide bonds. The van der Waals surface area contributed by atoms with E-state index < -0.39 is 9.84 Å². The second-order valence-electron chi connectivity index (χ2n) is 12.3. The standard InChI is InChI=1S/C32H41N5O4S/c1-4-5-28(38)36-12-10-25(11-13-36)23-6-8-24(9-7-23)26-18-21(2)30-27(19-26)35-31-29(22(3)41-30)32(34-20-33-31)37-14-16-42(39,40)17-15-37/h18-20,22-25H,6-17H2,1-3H3,(H,33,34,35)/t22-,23-,24+/m1/s1. The number of nitrogens with zero attached hydrogens (tertiary/aromatic N) is 4. The SMILES string of the molecule is CC#CC(=O)N1CCC([C@H]2CC[C@@H](c3cc(C)c4c(c3)Nc3ncnc(N5CCS(=O)(=O)CC5)c3[C@@H](C)O4)CC2)CC1. The zero-order chi connectivity index (χ0) is 29.4. The van der Waals surface area contributed by atoms with Crippen molar-refractivity contribution in [3.63, 3.8) is 0 Å². The Balaban J connectivity index is 1.15. The van der Waals surface area contributed by atoms with Crippen LogP contribution in [0.4, 0.5) is 17.3 Å². The average molecular weight is 592 g/mol. The third-order valence-corrected chi connectivity index (χ3v) is 11.3. The smallest absolute Gasteiger partial charge is 0.298 e. The molecule has 0 bridgehead atoms. The van der Waals surface area contributed by atoms with Gasteiger partial charge in [0.2, 0.25) is 0 Å². The monoisotopic (exact) mass is 591 g/mol. The van der Waals surface area contributed by atoms with E-state index in [9.17, 15) is 13.2 Å². The number of carbonyl (C=O) groups excluding carboxylic acids is 1. The number of sulfone groups is 1. The van der Waals surface area contributed by atoms with Crippen LogP contribution in [0.2, 0.25) is 0 Å². The van der Waals surface area contributed by atoms with Gasteiger partial charge in [0.05, 0.1) is 22.8 Å². The van der Waals surface area contributed by atoms with Crippen LogP contribution >= 0.6 is 0 Å². The summed E-state index contributed by atoms with van der Waals surface area (Å²) in [5, 5.41) is 3.57. The Morgan fingerprint density at radius 2 is 1.69 bits per heavy atom. The van der Waals surface area contributed by atoms with Gasteiger partial charge in [-0.15, -0.1) is 0 Å². The lowest BCUT2D eigenvalue weighted by molar-refractivity contribution is -0.126. The van der Waals surface area contributed by atoms with Gasteiger partial charge in [-0.1, -0.05) is 12.0 Å². The summed E-state index contributed by atoms with van der Waals surface area (Å²) in [6.45, 7) is 8.33. The van der Waals surface area contributed by atoms with Gasteiger partial charge in [-0.05, 0) is 100 Å². The minimum absolute atomic E-state index is 0.0301. The summed E-state index contributed by atoms with van der Waals surface area (Å²) in [7, 11) is -3.00. The first-order valence-corrected chi connectivity index (χ1v) is 17.1. The maximum absolute atomic E-state index is 12.1. The number of nitrogens with one attached hydrogen (secondary N) is 1. The van der Waals surface area contributed by atoms with Crippen molar-refractivity contribution in [2.75, 3.05) is 47.9 Å². The molecule has 4 heterocycles. The number of ether oxygens (including phenoxy) is 1. The van der Waals surface area contributed by atoms with E-state index in [2.05, 4.69) is 46.2 Å². The highest BCUT2D eigenvalue weighted by atomic mass is 32.2. The molecule has 6 rings (SSSR count). The number of benzene rings is 1. The zero-order valence-electron chi connectivity index (χ0n) is 24.9. The van der Waals surface area contributed by atoms with E-state index in [-0.39, 0.29) is 23.5 Å². The lowest BCUT2D eigenvalue weighted by Crippen LogP contribution is -2.41. The number of hydrogen-bond acceptors (Lipinski definition) is 8. The largest absolute Gasteiger partial charge is 0.483 e. The highest BCUT2D eigenvalue weighted by Gasteiger charge is 2.34. The Labute approximate surface area is 249 Å². The quantitative estimate of drug-likeness (QED) is 0.510. The molecule has 2 saturated heterocycles. The van der Waals surface area contributed by atoms with Gasteiger partial charge in [-0.25, -0.2) is 18.4 Å². The van der Waals surface area contributed by atoms with Crippen LogP contribution in [0.5, 0.6) is 5.75 Å². The van der Waals surface area contributed by atoms with Crippen LogP contribution in [0, 0.1) is 30.6 Å². The second-order valence-corrected chi connectivity index (χ2v) is 14.6. The summed E-state index contributed by atoms with van der Waals surface area (Å²) in [4.78, 5) is 25.3. The number of amides is 1. The number of likely N-dealkylation sites (tertiary alicyclic amines) is 1. The topological polar surface area (TPSA) is 105 Å². The predicted octanol–water partition coefficient (Wildman–Crippen LogP) is 4.75. The number of rotatable bonds is 3. The Bertz CT molecular complexity index is 1500. The maximum atomic E-state index is 12.1. The van der Waals surface area contributed by atoms with Gasteiger partial charge in [0, 0.05) is 26.2 Å². The van der Waals surface area contributed by atoms with Gasteiger partial charge < -0.3 is 19.9 Å². The van der Waals surface area contributed by atoms with Crippen molar-refractivity contribution in [1.82, 2.24) is 14.9 Å². The summed E-state index contributed by atoms with van der Waals surface area (Å²) < 4.78 is 30.6. The lowest BCUT2D eigenvalue weighted by atomic mass is 9.71. The van der Waals surface area contributed by atoms with Crippen molar-refractivity contribution in [1.29, 1.82) is 0 Å². The van der Waals surface area contributed by atoms with Crippen molar-refractivity contribution >= 4 is 33.1 Å². The van der Waals surface area contributed by atoms with E-state index in [1.807, 2.05) is 16.7 Å². The van der Waals surface area contributed by atoms with Gasteiger partial charge >= 0.3 is 0 Å². The number of piperidine rings is 1. The third kappa shape index (κ3) is 5.81. The fourth-order valence-corrected chi connectivity index (χ4v) is 8.57. The first kappa shape index (κ1) is 28.8. The van der Waals surface area contributed by atoms with Crippen LogP contribution in [0.3, 0.4) is 0 Å². The second kappa shape index (κ2) is 11.8. The fourth-order valence-electron chi connectivity index (χ4n) is 7.37. The molecule has 1 aromatic heterocycles. The van der Waals surface area contributed by atoms with Crippen molar-refractivity contribution < 1.29 is 17.9 Å². The van der Waals surface area contributed by atoms with Crippen LogP contribution in [0.15, 0.2) is 18.5 Å². The highest BCUT2D eigenvalue weighted by molar-refractivity contribution is 7.91. The highest BCUT2D eigenvalue weighted by Crippen LogP contribution is 2.47. The molecule has 10 heteroatoms. The predicted molar refractivity (Wildman–Crippen MR) is 164 cm³/mol. The molecule has 1 aromatic carbocycles. The van der Waals surface area contributed by atoms with E-state index >= 15 is 0 Å². The number of aromatic nitrogens is 2. The molecule has 3 fully saturated rings. The van der Waals surface area contributed by atoms with E-state index in [0.29, 0.717) is 24.9 Å². The van der Waals surface area contributed by atoms with Crippen LogP contribution in [-0.4, -0.2) is 66.9 Å².